The van der Waals surface area contributed by atoms with Crippen LogP contribution in [0.4, 0.5) is 8.78 Å². The Morgan fingerprint density at radius 1 is 0.841 bits per heavy atom. The number of carbonyl (C=O) groups is 2. The van der Waals surface area contributed by atoms with Crippen LogP contribution in [0.2, 0.25) is 0 Å². The Labute approximate surface area is 255 Å². The standard InChI is InChI=1S/C35H36F2N2O5/c1-4-39(5-2)16-17-43-32-22-28-26(21-31(32)42-3)29(12-15-38-28)44-30-11-8-24(18-27(30)37)20-34(41)35(13-14-35)33(40)19-23-6-9-25(36)10-7-23/h6-12,15,18,21-22H,4-5,13-14,16-17,19-20H2,1-3H3. The van der Waals surface area contributed by atoms with E-state index in [0.29, 0.717) is 58.7 Å². The van der Waals surface area contributed by atoms with Crippen LogP contribution < -0.4 is 14.2 Å². The second-order valence-corrected chi connectivity index (χ2v) is 11.0. The molecule has 3 aromatic carbocycles. The van der Waals surface area contributed by atoms with Gasteiger partial charge in [0.25, 0.3) is 0 Å². The molecule has 0 amide bonds. The number of methoxy groups -OCH3 is 1. The maximum absolute atomic E-state index is 15.3. The third-order valence-corrected chi connectivity index (χ3v) is 8.22. The highest BCUT2D eigenvalue weighted by Crippen LogP contribution is 2.49. The van der Waals surface area contributed by atoms with Crippen LogP contribution in [-0.2, 0) is 22.4 Å². The number of ketones is 2. The first-order chi connectivity index (χ1) is 21.3. The number of Topliss-reactive ketones (excluding diaryl/α,β-unsaturated/α-hetero) is 2. The second-order valence-electron chi connectivity index (χ2n) is 11.0. The van der Waals surface area contributed by atoms with Crippen molar-refractivity contribution in [3.8, 4) is 23.0 Å². The molecule has 0 saturated heterocycles. The summed E-state index contributed by atoms with van der Waals surface area (Å²) in [6.45, 7) is 7.34. The molecule has 44 heavy (non-hydrogen) atoms. The Hall–Kier alpha value is -4.37. The van der Waals surface area contributed by atoms with Crippen molar-refractivity contribution in [3.63, 3.8) is 0 Å². The molecule has 1 heterocycles. The van der Waals surface area contributed by atoms with Gasteiger partial charge in [0, 0.05) is 37.0 Å². The molecule has 0 spiro atoms. The quantitative estimate of drug-likeness (QED) is 0.140. The van der Waals surface area contributed by atoms with E-state index < -0.39 is 11.2 Å². The van der Waals surface area contributed by atoms with Crippen LogP contribution in [0, 0.1) is 17.0 Å². The largest absolute Gasteiger partial charge is 0.493 e. The highest BCUT2D eigenvalue weighted by atomic mass is 19.1. The molecule has 0 aliphatic heterocycles. The fourth-order valence-electron chi connectivity index (χ4n) is 5.32. The van der Waals surface area contributed by atoms with Crippen molar-refractivity contribution in [1.29, 1.82) is 0 Å². The van der Waals surface area contributed by atoms with Gasteiger partial charge in [-0.05, 0) is 73.5 Å². The summed E-state index contributed by atoms with van der Waals surface area (Å²) in [7, 11) is 1.55. The van der Waals surface area contributed by atoms with Gasteiger partial charge in [0.05, 0.1) is 18.0 Å². The third kappa shape index (κ3) is 6.89. The van der Waals surface area contributed by atoms with E-state index in [-0.39, 0.29) is 36.0 Å². The molecule has 5 rings (SSSR count). The first-order valence-corrected chi connectivity index (χ1v) is 14.9. The molecule has 9 heteroatoms. The van der Waals surface area contributed by atoms with Crippen LogP contribution in [0.3, 0.4) is 0 Å². The van der Waals surface area contributed by atoms with Gasteiger partial charge >= 0.3 is 0 Å². The lowest BCUT2D eigenvalue weighted by molar-refractivity contribution is -0.133. The monoisotopic (exact) mass is 602 g/mol. The number of halogens is 2. The summed E-state index contributed by atoms with van der Waals surface area (Å²) in [4.78, 5) is 32.8. The van der Waals surface area contributed by atoms with E-state index in [1.54, 1.807) is 49.7 Å². The van der Waals surface area contributed by atoms with Crippen molar-refractivity contribution in [3.05, 3.63) is 89.6 Å². The van der Waals surface area contributed by atoms with E-state index in [4.69, 9.17) is 14.2 Å². The number of fused-ring (bicyclic) bond motifs is 1. The maximum atomic E-state index is 15.3. The zero-order valence-electron chi connectivity index (χ0n) is 25.2. The van der Waals surface area contributed by atoms with Gasteiger partial charge in [0.2, 0.25) is 0 Å². The van der Waals surface area contributed by atoms with Gasteiger partial charge in [-0.25, -0.2) is 8.78 Å². The summed E-state index contributed by atoms with van der Waals surface area (Å²) in [5, 5.41) is 0.620. The average Bonchev–Trinajstić information content (AvgIpc) is 3.84. The minimum atomic E-state index is -1.05. The zero-order valence-corrected chi connectivity index (χ0v) is 25.2. The predicted molar refractivity (Wildman–Crippen MR) is 164 cm³/mol. The van der Waals surface area contributed by atoms with Crippen LogP contribution in [0.1, 0.15) is 37.8 Å². The number of benzene rings is 3. The fraction of sp³-hybridized carbons (Fsp3) is 0.343. The third-order valence-electron chi connectivity index (χ3n) is 8.22. The molecule has 1 aromatic heterocycles. The highest BCUT2D eigenvalue weighted by molar-refractivity contribution is 6.11. The molecule has 0 N–H and O–H groups in total. The van der Waals surface area contributed by atoms with E-state index in [2.05, 4.69) is 23.7 Å². The lowest BCUT2D eigenvalue weighted by Crippen LogP contribution is -2.28. The van der Waals surface area contributed by atoms with E-state index in [1.807, 2.05) is 0 Å². The molecule has 1 aliphatic rings. The molecule has 1 fully saturated rings. The summed E-state index contributed by atoms with van der Waals surface area (Å²) in [5.41, 5.74) is 0.656. The van der Waals surface area contributed by atoms with Gasteiger partial charge < -0.3 is 19.1 Å². The lowest BCUT2D eigenvalue weighted by atomic mass is 9.88. The number of hydrogen-bond acceptors (Lipinski definition) is 7. The minimum Gasteiger partial charge on any atom is -0.493 e. The van der Waals surface area contributed by atoms with Crippen LogP contribution in [0.15, 0.2) is 66.9 Å². The van der Waals surface area contributed by atoms with Crippen LogP contribution in [-0.4, -0.2) is 54.8 Å². The van der Waals surface area contributed by atoms with Crippen molar-refractivity contribution in [2.75, 3.05) is 33.4 Å². The molecular formula is C35H36F2N2O5. The number of hydrogen-bond donors (Lipinski definition) is 0. The molecular weight excluding hydrogens is 566 g/mol. The Kier molecular flexibility index (Phi) is 9.54. The van der Waals surface area contributed by atoms with Gasteiger partial charge in [0.15, 0.2) is 34.6 Å². The highest BCUT2D eigenvalue weighted by Gasteiger charge is 2.54. The topological polar surface area (TPSA) is 78.0 Å². The number of pyridine rings is 1. The zero-order chi connectivity index (χ0) is 31.3. The van der Waals surface area contributed by atoms with Crippen molar-refractivity contribution < 1.29 is 32.6 Å². The first kappa shape index (κ1) is 31.1. The van der Waals surface area contributed by atoms with Crippen molar-refractivity contribution in [2.24, 2.45) is 5.41 Å². The SMILES string of the molecule is CCN(CC)CCOc1cc2nccc(Oc3ccc(CC(=O)C4(C(=O)Cc5ccc(F)cc5)CC4)cc3F)c2cc1OC. The molecule has 0 radical (unpaired) electrons. The average molecular weight is 603 g/mol. The molecule has 1 saturated carbocycles. The number of nitrogens with zero attached hydrogens (tertiary/aromatic N) is 2. The van der Waals surface area contributed by atoms with E-state index in [0.717, 1.165) is 19.6 Å². The molecule has 4 aromatic rings. The summed E-state index contributed by atoms with van der Waals surface area (Å²) >= 11 is 0. The normalized spacial score (nSPS) is 13.6. The smallest absolute Gasteiger partial charge is 0.166 e. The van der Waals surface area contributed by atoms with E-state index in [1.165, 1.54) is 24.3 Å². The molecule has 1 aliphatic carbocycles. The molecule has 230 valence electrons. The Morgan fingerprint density at radius 2 is 1.52 bits per heavy atom. The Balaban J connectivity index is 1.27. The van der Waals surface area contributed by atoms with Crippen LogP contribution >= 0.6 is 0 Å². The van der Waals surface area contributed by atoms with Gasteiger partial charge in [-0.2, -0.15) is 0 Å². The van der Waals surface area contributed by atoms with E-state index >= 15 is 4.39 Å². The van der Waals surface area contributed by atoms with Crippen LogP contribution in [0.5, 0.6) is 23.0 Å². The van der Waals surface area contributed by atoms with Gasteiger partial charge in [-0.1, -0.05) is 32.0 Å². The van der Waals surface area contributed by atoms with Gasteiger partial charge in [-0.3, -0.25) is 14.6 Å². The Bertz CT molecular complexity index is 1650. The fourth-order valence-corrected chi connectivity index (χ4v) is 5.32. The number of carbonyl (C=O) groups excluding carboxylic acids is 2. The Morgan fingerprint density at radius 3 is 2.16 bits per heavy atom. The predicted octanol–water partition coefficient (Wildman–Crippen LogP) is 6.74. The second kappa shape index (κ2) is 13.5. The minimum absolute atomic E-state index is 0.0132. The number of aromatic nitrogens is 1. The summed E-state index contributed by atoms with van der Waals surface area (Å²) < 4.78 is 46.0. The van der Waals surface area contributed by atoms with Gasteiger partial charge in [0.1, 0.15) is 18.2 Å². The lowest BCUT2D eigenvalue weighted by Gasteiger charge is -2.19. The van der Waals surface area contributed by atoms with Crippen molar-refractivity contribution in [1.82, 2.24) is 9.88 Å². The van der Waals surface area contributed by atoms with Crippen molar-refractivity contribution in [2.45, 2.75) is 39.5 Å². The van der Waals surface area contributed by atoms with Crippen LogP contribution in [0.25, 0.3) is 10.9 Å². The molecule has 7 nitrogen and oxygen atoms in total. The number of rotatable bonds is 15. The summed E-state index contributed by atoms with van der Waals surface area (Å²) in [5.74, 6) is -0.00744. The van der Waals surface area contributed by atoms with E-state index in [9.17, 15) is 14.0 Å². The molecule has 0 unspecified atom stereocenters. The number of likely N-dealkylation sites (N-methyl/N-ethyl adjacent to an activating group) is 1. The number of ether oxygens (including phenoxy) is 3. The van der Waals surface area contributed by atoms with Gasteiger partial charge in [-0.15, -0.1) is 0 Å². The maximum Gasteiger partial charge on any atom is 0.166 e. The molecule has 0 atom stereocenters. The molecule has 0 bridgehead atoms. The summed E-state index contributed by atoms with van der Waals surface area (Å²) in [6, 6.07) is 15.2. The summed E-state index contributed by atoms with van der Waals surface area (Å²) in [6.07, 6.45) is 2.50. The first-order valence-electron chi connectivity index (χ1n) is 14.9. The van der Waals surface area contributed by atoms with Crippen molar-refractivity contribution >= 4 is 22.5 Å².